The predicted molar refractivity (Wildman–Crippen MR) is 104 cm³/mol. The van der Waals surface area contributed by atoms with Crippen LogP contribution in [0.25, 0.3) is 11.5 Å². The van der Waals surface area contributed by atoms with Gasteiger partial charge in [0.25, 0.3) is 0 Å². The van der Waals surface area contributed by atoms with E-state index >= 15 is 0 Å². The summed E-state index contributed by atoms with van der Waals surface area (Å²) in [6, 6.07) is 7.95. The number of guanidine groups is 1. The molecule has 0 amide bonds. The number of aryl methyl sites for hydroxylation is 1. The summed E-state index contributed by atoms with van der Waals surface area (Å²) in [5.41, 5.74) is 2.80. The average molecular weight is 378 g/mol. The van der Waals surface area contributed by atoms with Crippen molar-refractivity contribution in [3.8, 4) is 11.5 Å². The summed E-state index contributed by atoms with van der Waals surface area (Å²) in [7, 11) is -3.00. The number of oxazole rings is 1. The summed E-state index contributed by atoms with van der Waals surface area (Å²) >= 11 is 0. The normalized spacial score (nSPS) is 12.2. The molecule has 0 atom stereocenters. The molecule has 0 bridgehead atoms. The lowest BCUT2D eigenvalue weighted by molar-refractivity contribution is 0.572. The Kier molecular flexibility index (Phi) is 7.20. The highest BCUT2D eigenvalue weighted by atomic mass is 32.2. The average Bonchev–Trinajstić information content (AvgIpc) is 3.09. The Morgan fingerprint density at radius 2 is 1.92 bits per heavy atom. The largest absolute Gasteiger partial charge is 0.444 e. The minimum absolute atomic E-state index is 0.0788. The van der Waals surface area contributed by atoms with Gasteiger partial charge in [-0.05, 0) is 26.0 Å². The van der Waals surface area contributed by atoms with E-state index in [1.54, 1.807) is 13.2 Å². The van der Waals surface area contributed by atoms with Crippen LogP contribution in [-0.2, 0) is 16.4 Å². The van der Waals surface area contributed by atoms with Gasteiger partial charge in [-0.25, -0.2) is 18.4 Å². The standard InChI is InChI=1S/C18H26N4O3S/c1-4-19-18(20-10-11-26(23,24)5-2)21-12-16-13-25-17(22-16)15-8-6-14(3)7-9-15/h6-9,13H,4-5,10-12H2,1-3H3,(H2,19,20,21). The van der Waals surface area contributed by atoms with E-state index in [0.29, 0.717) is 37.2 Å². The SMILES string of the molecule is CCNC(=NCc1coc(-c2ccc(C)cc2)n1)NCCS(=O)(=O)CC. The zero-order chi connectivity index (χ0) is 19.0. The lowest BCUT2D eigenvalue weighted by Gasteiger charge is -2.10. The first-order valence-electron chi connectivity index (χ1n) is 8.67. The van der Waals surface area contributed by atoms with Gasteiger partial charge >= 0.3 is 0 Å². The van der Waals surface area contributed by atoms with Crippen LogP contribution in [0.3, 0.4) is 0 Å². The van der Waals surface area contributed by atoms with Crippen LogP contribution in [-0.4, -0.2) is 44.0 Å². The Morgan fingerprint density at radius 3 is 2.58 bits per heavy atom. The van der Waals surface area contributed by atoms with Crippen LogP contribution in [0.5, 0.6) is 0 Å². The molecule has 0 aliphatic rings. The maximum absolute atomic E-state index is 11.6. The zero-order valence-corrected chi connectivity index (χ0v) is 16.3. The van der Waals surface area contributed by atoms with E-state index in [9.17, 15) is 8.42 Å². The summed E-state index contributed by atoms with van der Waals surface area (Å²) in [4.78, 5) is 8.88. The van der Waals surface area contributed by atoms with Gasteiger partial charge in [-0.3, -0.25) is 0 Å². The summed E-state index contributed by atoms with van der Waals surface area (Å²) in [5, 5.41) is 6.11. The molecule has 7 nitrogen and oxygen atoms in total. The summed E-state index contributed by atoms with van der Waals surface area (Å²) < 4.78 is 28.6. The molecule has 8 heteroatoms. The lowest BCUT2D eigenvalue weighted by atomic mass is 10.1. The second-order valence-electron chi connectivity index (χ2n) is 5.87. The van der Waals surface area contributed by atoms with Gasteiger partial charge in [-0.2, -0.15) is 0 Å². The molecule has 0 fully saturated rings. The Morgan fingerprint density at radius 1 is 1.19 bits per heavy atom. The lowest BCUT2D eigenvalue weighted by Crippen LogP contribution is -2.39. The highest BCUT2D eigenvalue weighted by molar-refractivity contribution is 7.91. The van der Waals surface area contributed by atoms with Crippen LogP contribution in [0.2, 0.25) is 0 Å². The molecule has 26 heavy (non-hydrogen) atoms. The second kappa shape index (κ2) is 9.38. The topological polar surface area (TPSA) is 96.6 Å². The fourth-order valence-corrected chi connectivity index (χ4v) is 2.88. The number of aliphatic imine (C=N–C) groups is 1. The van der Waals surface area contributed by atoms with Crippen molar-refractivity contribution in [3.63, 3.8) is 0 Å². The van der Waals surface area contributed by atoms with Gasteiger partial charge in [0.1, 0.15) is 12.0 Å². The third-order valence-corrected chi connectivity index (χ3v) is 5.44. The Labute approximate surface area is 154 Å². The summed E-state index contributed by atoms with van der Waals surface area (Å²) in [5.74, 6) is 1.33. The van der Waals surface area contributed by atoms with Gasteiger partial charge in [-0.1, -0.05) is 24.6 Å². The summed E-state index contributed by atoms with van der Waals surface area (Å²) in [6.07, 6.45) is 1.59. The summed E-state index contributed by atoms with van der Waals surface area (Å²) in [6.45, 7) is 6.96. The van der Waals surface area contributed by atoms with E-state index in [4.69, 9.17) is 4.42 Å². The molecule has 0 saturated carbocycles. The van der Waals surface area contributed by atoms with E-state index in [0.717, 1.165) is 5.56 Å². The van der Waals surface area contributed by atoms with Gasteiger partial charge < -0.3 is 15.1 Å². The van der Waals surface area contributed by atoms with E-state index < -0.39 is 9.84 Å². The van der Waals surface area contributed by atoms with Crippen LogP contribution >= 0.6 is 0 Å². The molecular weight excluding hydrogens is 352 g/mol. The number of hydrogen-bond acceptors (Lipinski definition) is 5. The third-order valence-electron chi connectivity index (χ3n) is 3.74. The number of nitrogens with one attached hydrogen (secondary N) is 2. The monoisotopic (exact) mass is 378 g/mol. The molecule has 0 aliphatic carbocycles. The number of aromatic nitrogens is 1. The van der Waals surface area contributed by atoms with E-state index in [1.807, 2.05) is 38.1 Å². The van der Waals surface area contributed by atoms with E-state index in [2.05, 4.69) is 20.6 Å². The first-order chi connectivity index (χ1) is 12.4. The maximum Gasteiger partial charge on any atom is 0.226 e. The molecule has 1 heterocycles. The molecule has 0 unspecified atom stereocenters. The van der Waals surface area contributed by atoms with E-state index in [1.165, 1.54) is 5.56 Å². The van der Waals surface area contributed by atoms with Crippen LogP contribution in [0, 0.1) is 6.92 Å². The third kappa shape index (κ3) is 6.18. The van der Waals surface area contributed by atoms with Gasteiger partial charge in [0, 0.05) is 24.4 Å². The van der Waals surface area contributed by atoms with Crippen LogP contribution in [0.1, 0.15) is 25.1 Å². The molecule has 2 aromatic rings. The molecule has 1 aromatic carbocycles. The van der Waals surface area contributed by atoms with Crippen molar-refractivity contribution in [2.24, 2.45) is 4.99 Å². The fraction of sp³-hybridized carbons (Fsp3) is 0.444. The Hall–Kier alpha value is -2.35. The van der Waals surface area contributed by atoms with Crippen molar-refractivity contribution in [1.82, 2.24) is 15.6 Å². The minimum Gasteiger partial charge on any atom is -0.444 e. The highest BCUT2D eigenvalue weighted by Gasteiger charge is 2.09. The van der Waals surface area contributed by atoms with E-state index in [-0.39, 0.29) is 11.5 Å². The van der Waals surface area contributed by atoms with Gasteiger partial charge in [0.15, 0.2) is 15.8 Å². The molecule has 0 saturated heterocycles. The predicted octanol–water partition coefficient (Wildman–Crippen LogP) is 2.14. The molecule has 2 N–H and O–H groups in total. The molecule has 0 radical (unpaired) electrons. The van der Waals surface area contributed by atoms with Crippen molar-refractivity contribution < 1.29 is 12.8 Å². The smallest absolute Gasteiger partial charge is 0.226 e. The highest BCUT2D eigenvalue weighted by Crippen LogP contribution is 2.19. The fourth-order valence-electron chi connectivity index (χ4n) is 2.18. The van der Waals surface area contributed by atoms with Crippen LogP contribution in [0.15, 0.2) is 39.9 Å². The molecule has 0 aliphatic heterocycles. The van der Waals surface area contributed by atoms with Crippen molar-refractivity contribution in [1.29, 1.82) is 0 Å². The number of sulfone groups is 1. The first-order valence-corrected chi connectivity index (χ1v) is 10.5. The first kappa shape index (κ1) is 20.0. The zero-order valence-electron chi connectivity index (χ0n) is 15.4. The number of benzene rings is 1. The molecule has 142 valence electrons. The van der Waals surface area contributed by atoms with Crippen LogP contribution in [0.4, 0.5) is 0 Å². The van der Waals surface area contributed by atoms with Crippen molar-refractivity contribution >= 4 is 15.8 Å². The number of rotatable bonds is 8. The minimum atomic E-state index is -3.00. The maximum atomic E-state index is 11.6. The second-order valence-corrected chi connectivity index (χ2v) is 8.34. The van der Waals surface area contributed by atoms with Gasteiger partial charge in [0.2, 0.25) is 5.89 Å². The van der Waals surface area contributed by atoms with Crippen molar-refractivity contribution in [2.75, 3.05) is 24.6 Å². The molecule has 0 spiro atoms. The van der Waals surface area contributed by atoms with Gasteiger partial charge in [-0.15, -0.1) is 0 Å². The Balaban J connectivity index is 1.97. The Bertz CT molecular complexity index is 826. The molecular formula is C18H26N4O3S. The number of hydrogen-bond donors (Lipinski definition) is 2. The van der Waals surface area contributed by atoms with Gasteiger partial charge in [0.05, 0.1) is 12.3 Å². The van der Waals surface area contributed by atoms with Crippen molar-refractivity contribution in [2.45, 2.75) is 27.3 Å². The van der Waals surface area contributed by atoms with Crippen molar-refractivity contribution in [3.05, 3.63) is 41.8 Å². The molecule has 2 rings (SSSR count). The number of nitrogens with zero attached hydrogens (tertiary/aromatic N) is 2. The van der Waals surface area contributed by atoms with Crippen LogP contribution < -0.4 is 10.6 Å². The quantitative estimate of drug-likeness (QED) is 0.540. The molecule has 1 aromatic heterocycles.